The van der Waals surface area contributed by atoms with Crippen molar-refractivity contribution in [1.29, 1.82) is 5.26 Å². The molecule has 0 bridgehead atoms. The molecule has 0 atom stereocenters. The number of nitrogens with one attached hydrogen (secondary N) is 1. The van der Waals surface area contributed by atoms with Gasteiger partial charge in [-0.3, -0.25) is 4.79 Å². The highest BCUT2D eigenvalue weighted by molar-refractivity contribution is 6.30. The zero-order valence-corrected chi connectivity index (χ0v) is 6.57. The number of hydrogen-bond donors (Lipinski definition) is 1. The second kappa shape index (κ2) is 2.77. The van der Waals surface area contributed by atoms with Crippen LogP contribution < -0.4 is 5.56 Å². The SMILES string of the molecule is Cc1cc(Cl)c(=O)[nH]c1C#N. The molecule has 0 saturated carbocycles. The lowest BCUT2D eigenvalue weighted by atomic mass is 10.2. The molecule has 1 rings (SSSR count). The zero-order chi connectivity index (χ0) is 8.43. The number of rotatable bonds is 0. The van der Waals surface area contributed by atoms with Gasteiger partial charge in [-0.25, -0.2) is 0 Å². The molecule has 1 aromatic heterocycles. The smallest absolute Gasteiger partial charge is 0.267 e. The van der Waals surface area contributed by atoms with E-state index in [-0.39, 0.29) is 10.7 Å². The second-order valence-corrected chi connectivity index (χ2v) is 2.52. The summed E-state index contributed by atoms with van der Waals surface area (Å²) < 4.78 is 0. The second-order valence-electron chi connectivity index (χ2n) is 2.12. The number of nitrogens with zero attached hydrogens (tertiary/aromatic N) is 1. The van der Waals surface area contributed by atoms with Gasteiger partial charge in [0.2, 0.25) is 0 Å². The van der Waals surface area contributed by atoms with E-state index in [0.717, 1.165) is 0 Å². The molecule has 0 unspecified atom stereocenters. The van der Waals surface area contributed by atoms with Gasteiger partial charge in [-0.15, -0.1) is 0 Å². The van der Waals surface area contributed by atoms with Crippen LogP contribution in [0.5, 0.6) is 0 Å². The molecule has 11 heavy (non-hydrogen) atoms. The normalized spacial score (nSPS) is 9.18. The maximum absolute atomic E-state index is 10.8. The first-order valence-electron chi connectivity index (χ1n) is 2.94. The number of aromatic nitrogens is 1. The molecule has 4 heteroatoms. The van der Waals surface area contributed by atoms with E-state index >= 15 is 0 Å². The molecular formula is C7H5ClN2O. The van der Waals surface area contributed by atoms with Crippen molar-refractivity contribution < 1.29 is 0 Å². The molecule has 0 radical (unpaired) electrons. The fourth-order valence-corrected chi connectivity index (χ4v) is 0.927. The summed E-state index contributed by atoms with van der Waals surface area (Å²) >= 11 is 5.49. The third-order valence-electron chi connectivity index (χ3n) is 1.30. The standard InChI is InChI=1S/C7H5ClN2O/c1-4-2-5(8)7(11)10-6(4)3-9/h2H,1H3,(H,10,11). The highest BCUT2D eigenvalue weighted by atomic mass is 35.5. The molecule has 0 saturated heterocycles. The monoisotopic (exact) mass is 168 g/mol. The van der Waals surface area contributed by atoms with E-state index in [1.807, 2.05) is 6.07 Å². The Morgan fingerprint density at radius 3 is 2.91 bits per heavy atom. The fourth-order valence-electron chi connectivity index (χ4n) is 0.716. The molecule has 0 aliphatic rings. The predicted molar refractivity (Wildman–Crippen MR) is 41.5 cm³/mol. The minimum absolute atomic E-state index is 0.113. The van der Waals surface area contributed by atoms with Gasteiger partial charge in [-0.2, -0.15) is 5.26 Å². The van der Waals surface area contributed by atoms with Gasteiger partial charge in [0.25, 0.3) is 5.56 Å². The van der Waals surface area contributed by atoms with Crippen molar-refractivity contribution in [3.8, 4) is 6.07 Å². The van der Waals surface area contributed by atoms with Crippen molar-refractivity contribution in [2.45, 2.75) is 6.92 Å². The molecule has 0 aliphatic carbocycles. The highest BCUT2D eigenvalue weighted by Crippen LogP contribution is 2.06. The zero-order valence-electron chi connectivity index (χ0n) is 5.81. The fraction of sp³-hybridized carbons (Fsp3) is 0.143. The van der Waals surface area contributed by atoms with Gasteiger partial charge < -0.3 is 4.98 Å². The van der Waals surface area contributed by atoms with Crippen LogP contribution in [-0.2, 0) is 0 Å². The number of aryl methyl sites for hydroxylation is 1. The molecule has 1 N–H and O–H groups in total. The van der Waals surface area contributed by atoms with E-state index in [2.05, 4.69) is 4.98 Å². The van der Waals surface area contributed by atoms with Gasteiger partial charge in [0.05, 0.1) is 0 Å². The molecule has 1 aromatic rings. The Balaban J connectivity index is 3.48. The summed E-state index contributed by atoms with van der Waals surface area (Å²) in [6.07, 6.45) is 0. The number of nitriles is 1. The third kappa shape index (κ3) is 1.41. The Hall–Kier alpha value is -1.27. The Morgan fingerprint density at radius 1 is 1.73 bits per heavy atom. The lowest BCUT2D eigenvalue weighted by Crippen LogP contribution is -2.08. The summed E-state index contributed by atoms with van der Waals surface area (Å²) in [5.41, 5.74) is 0.519. The first-order chi connectivity index (χ1) is 5.15. The van der Waals surface area contributed by atoms with Crippen LogP contribution in [0.25, 0.3) is 0 Å². The van der Waals surface area contributed by atoms with Crippen LogP contribution in [0, 0.1) is 18.3 Å². The van der Waals surface area contributed by atoms with Crippen LogP contribution in [0.1, 0.15) is 11.3 Å². The van der Waals surface area contributed by atoms with E-state index in [1.54, 1.807) is 6.92 Å². The minimum Gasteiger partial charge on any atom is -0.312 e. The average molecular weight is 169 g/mol. The number of aromatic amines is 1. The van der Waals surface area contributed by atoms with Crippen molar-refractivity contribution in [2.24, 2.45) is 0 Å². The predicted octanol–water partition coefficient (Wildman–Crippen LogP) is 1.21. The van der Waals surface area contributed by atoms with Crippen molar-refractivity contribution in [1.82, 2.24) is 4.98 Å². The molecule has 1 heterocycles. The Kier molecular flexibility index (Phi) is 1.97. The Bertz CT molecular complexity index is 375. The largest absolute Gasteiger partial charge is 0.312 e. The summed E-state index contributed by atoms with van der Waals surface area (Å²) in [7, 11) is 0. The first kappa shape index (κ1) is 7.83. The van der Waals surface area contributed by atoms with Crippen molar-refractivity contribution in [3.05, 3.63) is 32.7 Å². The summed E-state index contributed by atoms with van der Waals surface area (Å²) in [6, 6.07) is 3.32. The Morgan fingerprint density at radius 2 is 2.36 bits per heavy atom. The maximum Gasteiger partial charge on any atom is 0.267 e. The lowest BCUT2D eigenvalue weighted by Gasteiger charge is -1.95. The van der Waals surface area contributed by atoms with E-state index in [0.29, 0.717) is 5.56 Å². The van der Waals surface area contributed by atoms with Gasteiger partial charge in [0.1, 0.15) is 16.8 Å². The minimum atomic E-state index is -0.422. The summed E-state index contributed by atoms with van der Waals surface area (Å²) in [5, 5.41) is 8.58. The molecule has 3 nitrogen and oxygen atoms in total. The van der Waals surface area contributed by atoms with Gasteiger partial charge in [-0.1, -0.05) is 11.6 Å². The lowest BCUT2D eigenvalue weighted by molar-refractivity contribution is 1.15. The van der Waals surface area contributed by atoms with E-state index in [1.165, 1.54) is 6.07 Å². The first-order valence-corrected chi connectivity index (χ1v) is 3.32. The van der Waals surface area contributed by atoms with Crippen molar-refractivity contribution in [3.63, 3.8) is 0 Å². The van der Waals surface area contributed by atoms with Crippen LogP contribution in [0.15, 0.2) is 10.9 Å². The number of halogens is 1. The maximum atomic E-state index is 10.8. The topological polar surface area (TPSA) is 56.6 Å². The summed E-state index contributed by atoms with van der Waals surface area (Å²) in [6.45, 7) is 1.71. The molecule has 0 amide bonds. The third-order valence-corrected chi connectivity index (χ3v) is 1.59. The number of H-pyrrole nitrogens is 1. The van der Waals surface area contributed by atoms with Crippen molar-refractivity contribution in [2.75, 3.05) is 0 Å². The number of hydrogen-bond acceptors (Lipinski definition) is 2. The van der Waals surface area contributed by atoms with Crippen LogP contribution in [0.2, 0.25) is 5.02 Å². The highest BCUT2D eigenvalue weighted by Gasteiger charge is 2.01. The van der Waals surface area contributed by atoms with Crippen LogP contribution in [-0.4, -0.2) is 4.98 Å². The summed E-state index contributed by atoms with van der Waals surface area (Å²) in [4.78, 5) is 13.2. The molecule has 0 spiro atoms. The van der Waals surface area contributed by atoms with Crippen molar-refractivity contribution >= 4 is 11.6 Å². The van der Waals surface area contributed by atoms with Crippen LogP contribution in [0.3, 0.4) is 0 Å². The molecular weight excluding hydrogens is 164 g/mol. The molecule has 0 fully saturated rings. The average Bonchev–Trinajstić information content (AvgIpc) is 1.97. The quantitative estimate of drug-likeness (QED) is 0.633. The molecule has 56 valence electrons. The van der Waals surface area contributed by atoms with E-state index in [9.17, 15) is 4.79 Å². The van der Waals surface area contributed by atoms with Gasteiger partial charge >= 0.3 is 0 Å². The van der Waals surface area contributed by atoms with Crippen LogP contribution >= 0.6 is 11.6 Å². The van der Waals surface area contributed by atoms with E-state index < -0.39 is 5.56 Å². The molecule has 0 aliphatic heterocycles. The van der Waals surface area contributed by atoms with Crippen LogP contribution in [0.4, 0.5) is 0 Å². The number of pyridine rings is 1. The van der Waals surface area contributed by atoms with Gasteiger partial charge in [0.15, 0.2) is 0 Å². The van der Waals surface area contributed by atoms with E-state index in [4.69, 9.17) is 16.9 Å². The van der Waals surface area contributed by atoms with Gasteiger partial charge in [-0.05, 0) is 18.6 Å². The van der Waals surface area contributed by atoms with Gasteiger partial charge in [0, 0.05) is 0 Å². The summed E-state index contributed by atoms with van der Waals surface area (Å²) in [5.74, 6) is 0. The Labute approximate surface area is 68.2 Å². The molecule has 0 aromatic carbocycles.